The predicted molar refractivity (Wildman–Crippen MR) is 158 cm³/mol. The van der Waals surface area contributed by atoms with E-state index in [0.29, 0.717) is 38.0 Å². The third-order valence-electron chi connectivity index (χ3n) is 8.29. The van der Waals surface area contributed by atoms with Crippen LogP contribution in [0.1, 0.15) is 53.7 Å². The minimum atomic E-state index is -0.859. The first-order valence-corrected chi connectivity index (χ1v) is 14.2. The molecule has 2 aliphatic heterocycles. The number of piperidine rings is 1. The molecular weight excluding hydrogens is 514 g/mol. The first kappa shape index (κ1) is 26.7. The average Bonchev–Trinajstić information content (AvgIpc) is 3.28. The van der Waals surface area contributed by atoms with Gasteiger partial charge in [-0.2, -0.15) is 0 Å². The van der Waals surface area contributed by atoms with E-state index >= 15 is 0 Å². The summed E-state index contributed by atoms with van der Waals surface area (Å²) in [6, 6.07) is 27.2. The fourth-order valence-corrected chi connectivity index (χ4v) is 6.03. The van der Waals surface area contributed by atoms with Gasteiger partial charge in [0.1, 0.15) is 5.54 Å². The second kappa shape index (κ2) is 11.1. The fraction of sp³-hybridized carbons (Fsp3) is 0.273. The van der Waals surface area contributed by atoms with E-state index in [1.54, 1.807) is 0 Å². The highest BCUT2D eigenvalue weighted by atomic mass is 16.2. The number of rotatable bonds is 7. The lowest BCUT2D eigenvalue weighted by Gasteiger charge is -2.37. The molecule has 1 atom stereocenters. The Morgan fingerprint density at radius 2 is 1.61 bits per heavy atom. The van der Waals surface area contributed by atoms with Crippen molar-refractivity contribution in [3.8, 4) is 11.3 Å². The van der Waals surface area contributed by atoms with Gasteiger partial charge >= 0.3 is 6.03 Å². The molecule has 6 rings (SSSR count). The van der Waals surface area contributed by atoms with Crippen LogP contribution in [0.5, 0.6) is 0 Å². The highest BCUT2D eigenvalue weighted by molar-refractivity contribution is 6.09. The summed E-state index contributed by atoms with van der Waals surface area (Å²) < 4.78 is 0. The number of benzene rings is 3. The number of carbonyl (C=O) groups excluding carboxylic acids is 3. The number of hydrogen-bond acceptors (Lipinski definition) is 5. The standard InChI is InChI=1S/C33H33N5O3/c1-2-26(22-11-5-3-6-12-22)35-30(39)28-24-15-9-10-16-27(24)34-29(23-13-7-4-8-14-23)25(28)21-38-19-17-33(18-20-38)31(40)36-32(41)37-33/h3-16,26H,2,17-21H2,1H3,(H,35,39)(H2,36,37,40,41)/t26-/m0/s1. The Bertz CT molecular complexity index is 1600. The Morgan fingerprint density at radius 3 is 2.27 bits per heavy atom. The Kier molecular flexibility index (Phi) is 7.24. The van der Waals surface area contributed by atoms with Gasteiger partial charge in [-0.3, -0.25) is 19.8 Å². The van der Waals surface area contributed by atoms with Crippen LogP contribution in [-0.2, 0) is 11.3 Å². The predicted octanol–water partition coefficient (Wildman–Crippen LogP) is 4.96. The van der Waals surface area contributed by atoms with Crippen LogP contribution in [0.25, 0.3) is 22.2 Å². The number of hydrogen-bond donors (Lipinski definition) is 3. The molecule has 41 heavy (non-hydrogen) atoms. The maximum Gasteiger partial charge on any atom is 0.322 e. The minimum absolute atomic E-state index is 0.136. The van der Waals surface area contributed by atoms with Crippen molar-refractivity contribution >= 4 is 28.7 Å². The zero-order valence-corrected chi connectivity index (χ0v) is 23.0. The number of nitrogens with one attached hydrogen (secondary N) is 3. The topological polar surface area (TPSA) is 103 Å². The molecule has 3 aromatic carbocycles. The van der Waals surface area contributed by atoms with E-state index in [1.807, 2.05) is 84.9 Å². The van der Waals surface area contributed by atoms with Crippen molar-refractivity contribution in [1.82, 2.24) is 25.8 Å². The lowest BCUT2D eigenvalue weighted by Crippen LogP contribution is -2.54. The Labute approximate surface area is 239 Å². The van der Waals surface area contributed by atoms with Gasteiger partial charge < -0.3 is 10.6 Å². The number of aromatic nitrogens is 1. The molecular formula is C33H33N5O3. The maximum absolute atomic E-state index is 14.3. The smallest absolute Gasteiger partial charge is 0.322 e. The van der Waals surface area contributed by atoms with Gasteiger partial charge in [0.15, 0.2) is 0 Å². The molecule has 8 heteroatoms. The van der Waals surface area contributed by atoms with Gasteiger partial charge in [0.2, 0.25) is 0 Å². The summed E-state index contributed by atoms with van der Waals surface area (Å²) in [5.74, 6) is -0.395. The third kappa shape index (κ3) is 5.18. The second-order valence-corrected chi connectivity index (χ2v) is 10.8. The molecule has 4 amide bonds. The van der Waals surface area contributed by atoms with Gasteiger partial charge in [0, 0.05) is 36.1 Å². The van der Waals surface area contributed by atoms with Crippen molar-refractivity contribution in [2.75, 3.05) is 13.1 Å². The van der Waals surface area contributed by atoms with E-state index in [2.05, 4.69) is 27.8 Å². The number of para-hydroxylation sites is 1. The fourth-order valence-electron chi connectivity index (χ4n) is 6.03. The van der Waals surface area contributed by atoms with Gasteiger partial charge in [-0.25, -0.2) is 9.78 Å². The van der Waals surface area contributed by atoms with Crippen molar-refractivity contribution in [2.45, 2.75) is 44.3 Å². The van der Waals surface area contributed by atoms with Crippen molar-refractivity contribution < 1.29 is 14.4 Å². The normalized spacial score (nSPS) is 17.3. The Hall–Kier alpha value is -4.56. The quantitative estimate of drug-likeness (QED) is 0.284. The lowest BCUT2D eigenvalue weighted by molar-refractivity contribution is -0.125. The SMILES string of the molecule is CC[C@H](NC(=O)c1c(CN2CCC3(CC2)NC(=O)NC3=O)c(-c2ccccc2)nc2ccccc12)c1ccccc1. The van der Waals surface area contributed by atoms with E-state index in [1.165, 1.54) is 0 Å². The molecule has 208 valence electrons. The molecule has 2 fully saturated rings. The molecule has 8 nitrogen and oxygen atoms in total. The van der Waals surface area contributed by atoms with Gasteiger partial charge in [-0.1, -0.05) is 85.8 Å². The number of likely N-dealkylation sites (tertiary alicyclic amines) is 1. The molecule has 0 aliphatic carbocycles. The summed E-state index contributed by atoms with van der Waals surface area (Å²) >= 11 is 0. The number of fused-ring (bicyclic) bond motifs is 1. The molecule has 1 spiro atoms. The van der Waals surface area contributed by atoms with Crippen molar-refractivity contribution in [2.24, 2.45) is 0 Å². The average molecular weight is 548 g/mol. The maximum atomic E-state index is 14.3. The summed E-state index contributed by atoms with van der Waals surface area (Å²) in [4.78, 5) is 46.0. The summed E-state index contributed by atoms with van der Waals surface area (Å²) in [5, 5.41) is 9.34. The zero-order chi connectivity index (χ0) is 28.4. The first-order valence-electron chi connectivity index (χ1n) is 14.2. The van der Waals surface area contributed by atoms with Gasteiger partial charge in [0.25, 0.3) is 11.8 Å². The van der Waals surface area contributed by atoms with Crippen LogP contribution in [0.3, 0.4) is 0 Å². The number of pyridine rings is 1. The first-order chi connectivity index (χ1) is 20.0. The van der Waals surface area contributed by atoms with Gasteiger partial charge in [-0.15, -0.1) is 0 Å². The summed E-state index contributed by atoms with van der Waals surface area (Å²) in [6.07, 6.45) is 1.75. The van der Waals surface area contributed by atoms with Crippen molar-refractivity contribution in [1.29, 1.82) is 0 Å². The number of nitrogens with zero attached hydrogens (tertiary/aromatic N) is 2. The molecule has 0 bridgehead atoms. The van der Waals surface area contributed by atoms with Crippen LogP contribution in [0.4, 0.5) is 4.79 Å². The molecule has 0 radical (unpaired) electrons. The molecule has 4 aromatic rings. The third-order valence-corrected chi connectivity index (χ3v) is 8.29. The van der Waals surface area contributed by atoms with Crippen LogP contribution in [0.15, 0.2) is 84.9 Å². The van der Waals surface area contributed by atoms with Crippen LogP contribution < -0.4 is 16.0 Å². The number of carbonyl (C=O) groups is 3. The lowest BCUT2D eigenvalue weighted by atomic mass is 9.87. The zero-order valence-electron chi connectivity index (χ0n) is 23.0. The summed E-state index contributed by atoms with van der Waals surface area (Å²) in [5.41, 5.74) is 4.15. The van der Waals surface area contributed by atoms with E-state index in [0.717, 1.165) is 39.7 Å². The molecule has 1 aromatic heterocycles. The number of urea groups is 1. The van der Waals surface area contributed by atoms with Gasteiger partial charge in [0.05, 0.1) is 22.8 Å². The largest absolute Gasteiger partial charge is 0.345 e. The van der Waals surface area contributed by atoms with Crippen LogP contribution in [-0.4, -0.2) is 46.4 Å². The summed E-state index contributed by atoms with van der Waals surface area (Å²) in [6.45, 7) is 3.74. The molecule has 3 N–H and O–H groups in total. The Morgan fingerprint density at radius 1 is 0.951 bits per heavy atom. The van der Waals surface area contributed by atoms with Crippen LogP contribution >= 0.6 is 0 Å². The van der Waals surface area contributed by atoms with Gasteiger partial charge in [-0.05, 0) is 30.9 Å². The van der Waals surface area contributed by atoms with E-state index in [9.17, 15) is 14.4 Å². The number of amides is 4. The van der Waals surface area contributed by atoms with E-state index in [4.69, 9.17) is 4.98 Å². The molecule has 2 saturated heterocycles. The molecule has 0 saturated carbocycles. The number of imide groups is 1. The molecule has 0 unspecified atom stereocenters. The monoisotopic (exact) mass is 547 g/mol. The van der Waals surface area contributed by atoms with Crippen molar-refractivity contribution in [3.63, 3.8) is 0 Å². The Balaban J connectivity index is 1.41. The minimum Gasteiger partial charge on any atom is -0.345 e. The highest BCUT2D eigenvalue weighted by Gasteiger charge is 2.47. The van der Waals surface area contributed by atoms with Crippen LogP contribution in [0, 0.1) is 0 Å². The second-order valence-electron chi connectivity index (χ2n) is 10.8. The molecule has 2 aliphatic rings. The van der Waals surface area contributed by atoms with Crippen molar-refractivity contribution in [3.05, 3.63) is 102 Å². The summed E-state index contributed by atoms with van der Waals surface area (Å²) in [7, 11) is 0. The molecule has 3 heterocycles. The van der Waals surface area contributed by atoms with Crippen LogP contribution in [0.2, 0.25) is 0 Å². The van der Waals surface area contributed by atoms with E-state index < -0.39 is 11.6 Å². The highest BCUT2D eigenvalue weighted by Crippen LogP contribution is 2.34. The van der Waals surface area contributed by atoms with E-state index in [-0.39, 0.29) is 17.9 Å².